The van der Waals surface area contributed by atoms with E-state index in [4.69, 9.17) is 28.4 Å². The van der Waals surface area contributed by atoms with Crippen LogP contribution in [0.3, 0.4) is 0 Å². The second kappa shape index (κ2) is 14.6. The van der Waals surface area contributed by atoms with E-state index >= 15 is 0 Å². The van der Waals surface area contributed by atoms with Crippen LogP contribution >= 0.6 is 0 Å². The summed E-state index contributed by atoms with van der Waals surface area (Å²) in [7, 11) is 0. The second-order valence-electron chi connectivity index (χ2n) is 12.4. The Morgan fingerprint density at radius 2 is 1.39 bits per heavy atom. The topological polar surface area (TPSA) is 176 Å². The summed E-state index contributed by atoms with van der Waals surface area (Å²) in [4.78, 5) is 49.0. The van der Waals surface area contributed by atoms with Gasteiger partial charge in [0.15, 0.2) is 17.7 Å². The number of carbonyl (C=O) groups is 2. The molecule has 0 aromatic heterocycles. The summed E-state index contributed by atoms with van der Waals surface area (Å²) in [5.41, 5.74) is -0.442. The van der Waals surface area contributed by atoms with E-state index in [-0.39, 0.29) is 13.2 Å². The summed E-state index contributed by atoms with van der Waals surface area (Å²) in [5, 5.41) is 23.2. The standard InChI is InChI=1S/C35H36N2O12/c1-34(2)44-20-28(48-34)31(47-32(38)24-17-25(36(40)41)19-26(18-24)37(42)43)27(16-15-22-11-7-5-8-12-22)30(23-13-9-6-10-14-23)46-33(39)29-21-45-35(3,4)49-29/h5-19,27-31H,20-21H2,1-4H3/b16-15+/t27-,28+,29+,30-,31+/m0/s1. The minimum absolute atomic E-state index is 0.0427. The highest BCUT2D eigenvalue weighted by Crippen LogP contribution is 2.39. The molecule has 14 nitrogen and oxygen atoms in total. The summed E-state index contributed by atoms with van der Waals surface area (Å²) >= 11 is 0. The Labute approximate surface area is 281 Å². The number of hydrogen-bond acceptors (Lipinski definition) is 12. The van der Waals surface area contributed by atoms with E-state index < -0.39 is 80.6 Å². The molecule has 2 heterocycles. The Hall–Kier alpha value is -5.02. The Kier molecular flexibility index (Phi) is 10.5. The maximum absolute atomic E-state index is 13.8. The van der Waals surface area contributed by atoms with E-state index in [0.29, 0.717) is 5.56 Å². The predicted octanol–water partition coefficient (Wildman–Crippen LogP) is 5.95. The highest BCUT2D eigenvalue weighted by Gasteiger charge is 2.47. The average Bonchev–Trinajstić information content (AvgIpc) is 3.64. The molecule has 258 valence electrons. The van der Waals surface area contributed by atoms with E-state index in [0.717, 1.165) is 23.8 Å². The van der Waals surface area contributed by atoms with Gasteiger partial charge in [0.05, 0.1) is 40.6 Å². The van der Waals surface area contributed by atoms with Crippen molar-refractivity contribution in [2.24, 2.45) is 5.92 Å². The van der Waals surface area contributed by atoms with Gasteiger partial charge in [-0.05, 0) is 38.8 Å². The highest BCUT2D eigenvalue weighted by atomic mass is 16.8. The molecule has 0 bridgehead atoms. The van der Waals surface area contributed by atoms with Crippen molar-refractivity contribution in [2.45, 2.75) is 63.7 Å². The number of esters is 2. The van der Waals surface area contributed by atoms with Crippen LogP contribution in [0.15, 0.2) is 84.9 Å². The lowest BCUT2D eigenvalue weighted by atomic mass is 9.86. The van der Waals surface area contributed by atoms with Gasteiger partial charge >= 0.3 is 11.9 Å². The first-order chi connectivity index (χ1) is 23.2. The van der Waals surface area contributed by atoms with Crippen LogP contribution in [0.1, 0.15) is 55.3 Å². The zero-order valence-electron chi connectivity index (χ0n) is 27.3. The van der Waals surface area contributed by atoms with Crippen molar-refractivity contribution < 1.29 is 47.9 Å². The minimum Gasteiger partial charge on any atom is -0.455 e. The molecule has 2 fully saturated rings. The van der Waals surface area contributed by atoms with E-state index in [1.54, 1.807) is 70.2 Å². The Bertz CT molecular complexity index is 1680. The smallest absolute Gasteiger partial charge is 0.339 e. The van der Waals surface area contributed by atoms with Crippen LogP contribution in [-0.4, -0.2) is 64.9 Å². The van der Waals surface area contributed by atoms with Crippen LogP contribution in [0.25, 0.3) is 6.08 Å². The van der Waals surface area contributed by atoms with Gasteiger partial charge in [-0.3, -0.25) is 20.2 Å². The fourth-order valence-electron chi connectivity index (χ4n) is 5.58. The number of nitro benzene ring substituents is 2. The monoisotopic (exact) mass is 676 g/mol. The maximum Gasteiger partial charge on any atom is 0.339 e. The van der Waals surface area contributed by atoms with Gasteiger partial charge in [0.25, 0.3) is 11.4 Å². The lowest BCUT2D eigenvalue weighted by Gasteiger charge is -2.34. The summed E-state index contributed by atoms with van der Waals surface area (Å²) in [6.07, 6.45) is -0.858. The number of nitro groups is 2. The first kappa shape index (κ1) is 35.3. The summed E-state index contributed by atoms with van der Waals surface area (Å²) in [6, 6.07) is 20.6. The number of carbonyl (C=O) groups excluding carboxylic acids is 2. The van der Waals surface area contributed by atoms with Gasteiger partial charge in [-0.15, -0.1) is 0 Å². The number of ether oxygens (including phenoxy) is 6. The van der Waals surface area contributed by atoms with Gasteiger partial charge in [-0.25, -0.2) is 9.59 Å². The fourth-order valence-corrected chi connectivity index (χ4v) is 5.58. The zero-order valence-corrected chi connectivity index (χ0v) is 27.3. The molecule has 3 aromatic rings. The van der Waals surface area contributed by atoms with Gasteiger partial charge in [-0.2, -0.15) is 0 Å². The van der Waals surface area contributed by atoms with Gasteiger partial charge in [0.1, 0.15) is 18.3 Å². The molecule has 5 atom stereocenters. The van der Waals surface area contributed by atoms with Crippen molar-refractivity contribution >= 4 is 29.4 Å². The van der Waals surface area contributed by atoms with Gasteiger partial charge in [0, 0.05) is 12.1 Å². The molecular weight excluding hydrogens is 640 g/mol. The lowest BCUT2D eigenvalue weighted by Crippen LogP contribution is -2.43. The average molecular weight is 677 g/mol. The molecule has 0 saturated carbocycles. The fraction of sp³-hybridized carbons (Fsp3) is 0.371. The van der Waals surface area contributed by atoms with Crippen molar-refractivity contribution in [3.8, 4) is 0 Å². The van der Waals surface area contributed by atoms with Crippen molar-refractivity contribution in [3.63, 3.8) is 0 Å². The van der Waals surface area contributed by atoms with Crippen LogP contribution in [-0.2, 0) is 33.2 Å². The molecular formula is C35H36N2O12. The Balaban J connectivity index is 1.61. The van der Waals surface area contributed by atoms with E-state index in [1.165, 1.54) is 0 Å². The molecule has 49 heavy (non-hydrogen) atoms. The SMILES string of the molecule is CC1(C)OC[C@H](C(=O)O[C@@H](c2ccccc2)[C@H](/C=C/c2ccccc2)[C@@H](OC(=O)c2cc([N+](=O)[O-])cc([N+](=O)[O-])c2)[C@H]2COC(C)(C)O2)O1. The van der Waals surface area contributed by atoms with Crippen LogP contribution in [0.2, 0.25) is 0 Å². The number of non-ortho nitro benzene ring substituents is 2. The number of benzene rings is 3. The van der Waals surface area contributed by atoms with Crippen LogP contribution in [0, 0.1) is 26.1 Å². The van der Waals surface area contributed by atoms with E-state index in [9.17, 15) is 29.8 Å². The number of nitrogens with zero attached hydrogens (tertiary/aromatic N) is 2. The third kappa shape index (κ3) is 8.91. The van der Waals surface area contributed by atoms with Gasteiger partial charge < -0.3 is 28.4 Å². The van der Waals surface area contributed by atoms with Gasteiger partial charge in [-0.1, -0.05) is 72.8 Å². The highest BCUT2D eigenvalue weighted by molar-refractivity contribution is 5.91. The molecule has 2 saturated heterocycles. The van der Waals surface area contributed by atoms with E-state index in [1.807, 2.05) is 30.3 Å². The molecule has 0 unspecified atom stereocenters. The van der Waals surface area contributed by atoms with Crippen molar-refractivity contribution in [2.75, 3.05) is 13.2 Å². The normalized spacial score (nSPS) is 21.5. The Morgan fingerprint density at radius 1 is 0.816 bits per heavy atom. The summed E-state index contributed by atoms with van der Waals surface area (Å²) in [5.74, 6) is -4.90. The molecule has 0 aliphatic carbocycles. The van der Waals surface area contributed by atoms with Crippen LogP contribution < -0.4 is 0 Å². The lowest BCUT2D eigenvalue weighted by molar-refractivity contribution is -0.394. The van der Waals surface area contributed by atoms with Crippen LogP contribution in [0.4, 0.5) is 11.4 Å². The van der Waals surface area contributed by atoms with Gasteiger partial charge in [0.2, 0.25) is 0 Å². The largest absolute Gasteiger partial charge is 0.455 e. The molecule has 2 aliphatic rings. The molecule has 2 aliphatic heterocycles. The maximum atomic E-state index is 13.8. The summed E-state index contributed by atoms with van der Waals surface area (Å²) in [6.45, 7) is 6.62. The third-order valence-electron chi connectivity index (χ3n) is 7.88. The molecule has 3 aromatic carbocycles. The molecule has 0 spiro atoms. The Morgan fingerprint density at radius 3 is 1.92 bits per heavy atom. The van der Waals surface area contributed by atoms with Crippen molar-refractivity contribution in [1.82, 2.24) is 0 Å². The predicted molar refractivity (Wildman–Crippen MR) is 173 cm³/mol. The first-order valence-electron chi connectivity index (χ1n) is 15.5. The third-order valence-corrected chi connectivity index (χ3v) is 7.88. The zero-order chi connectivity index (χ0) is 35.3. The quantitative estimate of drug-likeness (QED) is 0.125. The number of hydrogen-bond donors (Lipinski definition) is 0. The van der Waals surface area contributed by atoms with Crippen LogP contribution in [0.5, 0.6) is 0 Å². The molecule has 14 heteroatoms. The minimum atomic E-state index is -1.26. The van der Waals surface area contributed by atoms with E-state index in [2.05, 4.69) is 0 Å². The molecule has 0 radical (unpaired) electrons. The van der Waals surface area contributed by atoms with Crippen molar-refractivity contribution in [3.05, 3.63) is 122 Å². The number of rotatable bonds is 12. The molecule has 5 rings (SSSR count). The van der Waals surface area contributed by atoms with Crippen molar-refractivity contribution in [1.29, 1.82) is 0 Å². The summed E-state index contributed by atoms with van der Waals surface area (Å²) < 4.78 is 35.7. The molecule has 0 N–H and O–H groups in total. The first-order valence-corrected chi connectivity index (χ1v) is 15.5. The molecule has 0 amide bonds. The second-order valence-corrected chi connectivity index (χ2v) is 12.4.